The van der Waals surface area contributed by atoms with Crippen LogP contribution in [0.5, 0.6) is 0 Å². The zero-order valence-corrected chi connectivity index (χ0v) is 11.6. The summed E-state index contributed by atoms with van der Waals surface area (Å²) in [6.07, 6.45) is 5.19. The van der Waals surface area contributed by atoms with Gasteiger partial charge in [-0.25, -0.2) is 0 Å². The van der Waals surface area contributed by atoms with Gasteiger partial charge >= 0.3 is 0 Å². The number of ether oxygens (including phenoxy) is 1. The van der Waals surface area contributed by atoms with E-state index in [1.165, 1.54) is 19.3 Å². The summed E-state index contributed by atoms with van der Waals surface area (Å²) in [6.45, 7) is 0. The molecule has 94 valence electrons. The number of hydrogen-bond acceptors (Lipinski definition) is 3. The number of halogens is 1. The lowest BCUT2D eigenvalue weighted by atomic mass is 9.97. The number of rotatable bonds is 3. The fraction of sp³-hybridized carbons (Fsp3) is 0.538. The number of hydrogen-bond donors (Lipinski definition) is 1. The number of nitrogens with two attached hydrogens (primary N) is 1. The maximum Gasteiger partial charge on any atom is 0.0582 e. The van der Waals surface area contributed by atoms with Gasteiger partial charge < -0.3 is 10.5 Å². The minimum Gasteiger partial charge on any atom is -0.398 e. The van der Waals surface area contributed by atoms with E-state index in [1.54, 1.807) is 7.11 Å². The first-order valence-corrected chi connectivity index (χ1v) is 7.19. The molecule has 1 aliphatic rings. The highest BCUT2D eigenvalue weighted by molar-refractivity contribution is 8.00. The van der Waals surface area contributed by atoms with Gasteiger partial charge in [-0.2, -0.15) is 0 Å². The Kier molecular flexibility index (Phi) is 4.60. The van der Waals surface area contributed by atoms with Crippen molar-refractivity contribution in [1.82, 2.24) is 0 Å². The van der Waals surface area contributed by atoms with Crippen molar-refractivity contribution in [3.63, 3.8) is 0 Å². The largest absolute Gasteiger partial charge is 0.398 e. The van der Waals surface area contributed by atoms with Gasteiger partial charge in [0.1, 0.15) is 0 Å². The molecule has 0 aliphatic heterocycles. The van der Waals surface area contributed by atoms with Crippen molar-refractivity contribution in [3.8, 4) is 0 Å². The van der Waals surface area contributed by atoms with Gasteiger partial charge in [0.15, 0.2) is 0 Å². The summed E-state index contributed by atoms with van der Waals surface area (Å²) in [5, 5.41) is 1.31. The second-order valence-corrected chi connectivity index (χ2v) is 6.22. The fourth-order valence-corrected chi connectivity index (χ4v) is 3.71. The Labute approximate surface area is 112 Å². The van der Waals surface area contributed by atoms with Gasteiger partial charge in [0.2, 0.25) is 0 Å². The van der Waals surface area contributed by atoms with E-state index in [-0.39, 0.29) is 0 Å². The van der Waals surface area contributed by atoms with Crippen molar-refractivity contribution in [1.29, 1.82) is 0 Å². The molecule has 0 aromatic heterocycles. The molecule has 4 heteroatoms. The third-order valence-corrected chi connectivity index (χ3v) is 4.80. The van der Waals surface area contributed by atoms with Crippen LogP contribution in [-0.4, -0.2) is 18.5 Å². The average Bonchev–Trinajstić information content (AvgIpc) is 2.33. The molecule has 2 rings (SSSR count). The summed E-state index contributed by atoms with van der Waals surface area (Å²) >= 11 is 7.75. The molecule has 1 fully saturated rings. The van der Waals surface area contributed by atoms with Gasteiger partial charge in [0, 0.05) is 28.0 Å². The highest BCUT2D eigenvalue weighted by Crippen LogP contribution is 2.37. The summed E-state index contributed by atoms with van der Waals surface area (Å²) in [7, 11) is 1.80. The molecule has 17 heavy (non-hydrogen) atoms. The van der Waals surface area contributed by atoms with E-state index >= 15 is 0 Å². The van der Waals surface area contributed by atoms with Crippen LogP contribution in [0.4, 0.5) is 5.69 Å². The summed E-state index contributed by atoms with van der Waals surface area (Å²) in [5.41, 5.74) is 6.75. The molecular formula is C13H18ClNOS. The van der Waals surface area contributed by atoms with Crippen molar-refractivity contribution >= 4 is 29.1 Å². The molecule has 0 bridgehead atoms. The Morgan fingerprint density at radius 2 is 2.24 bits per heavy atom. The van der Waals surface area contributed by atoms with E-state index < -0.39 is 0 Å². The normalized spacial score (nSPS) is 24.8. The van der Waals surface area contributed by atoms with E-state index in [9.17, 15) is 0 Å². The fourth-order valence-electron chi connectivity index (χ4n) is 2.23. The molecule has 2 nitrogen and oxygen atoms in total. The van der Waals surface area contributed by atoms with Crippen LogP contribution >= 0.6 is 23.4 Å². The minimum absolute atomic E-state index is 0.412. The molecule has 0 spiro atoms. The molecule has 2 N–H and O–H groups in total. The molecule has 0 heterocycles. The SMILES string of the molecule is COC1CCCC(Sc2ccc(Cl)cc2N)C1. The Balaban J connectivity index is 2.00. The zero-order valence-electron chi connectivity index (χ0n) is 9.99. The smallest absolute Gasteiger partial charge is 0.0582 e. The van der Waals surface area contributed by atoms with Crippen LogP contribution in [0.25, 0.3) is 0 Å². The number of nitrogen functional groups attached to an aromatic ring is 1. The predicted octanol–water partition coefficient (Wildman–Crippen LogP) is 3.97. The van der Waals surface area contributed by atoms with Gasteiger partial charge in [-0.15, -0.1) is 11.8 Å². The first-order valence-electron chi connectivity index (χ1n) is 5.93. The lowest BCUT2D eigenvalue weighted by Gasteiger charge is -2.28. The minimum atomic E-state index is 0.412. The van der Waals surface area contributed by atoms with E-state index in [0.29, 0.717) is 16.4 Å². The molecule has 1 aromatic carbocycles. The standard InChI is InChI=1S/C13H18ClNOS/c1-16-10-3-2-4-11(8-10)17-13-6-5-9(14)7-12(13)15/h5-7,10-11H,2-4,8,15H2,1H3. The van der Waals surface area contributed by atoms with Crippen molar-refractivity contribution in [2.45, 2.75) is 41.9 Å². The first-order chi connectivity index (χ1) is 8.19. The molecule has 0 radical (unpaired) electrons. The lowest BCUT2D eigenvalue weighted by molar-refractivity contribution is 0.0730. The highest BCUT2D eigenvalue weighted by atomic mass is 35.5. The van der Waals surface area contributed by atoms with Gasteiger partial charge in [0.25, 0.3) is 0 Å². The monoisotopic (exact) mass is 271 g/mol. The second-order valence-electron chi connectivity index (χ2n) is 4.45. The Hall–Kier alpha value is -0.380. The molecule has 0 amide bonds. The highest BCUT2D eigenvalue weighted by Gasteiger charge is 2.22. The third-order valence-electron chi connectivity index (χ3n) is 3.18. The molecular weight excluding hydrogens is 254 g/mol. The Morgan fingerprint density at radius 3 is 2.94 bits per heavy atom. The zero-order chi connectivity index (χ0) is 12.3. The summed E-state index contributed by atoms with van der Waals surface area (Å²) in [6, 6.07) is 5.73. The van der Waals surface area contributed by atoms with Gasteiger partial charge in [-0.1, -0.05) is 11.6 Å². The van der Waals surface area contributed by atoms with Crippen LogP contribution in [0.3, 0.4) is 0 Å². The second kappa shape index (κ2) is 5.98. The summed E-state index contributed by atoms with van der Waals surface area (Å²) < 4.78 is 5.44. The summed E-state index contributed by atoms with van der Waals surface area (Å²) in [5.74, 6) is 0. The summed E-state index contributed by atoms with van der Waals surface area (Å²) in [4.78, 5) is 1.14. The number of anilines is 1. The van der Waals surface area contributed by atoms with Gasteiger partial charge in [-0.05, 0) is 43.9 Å². The van der Waals surface area contributed by atoms with E-state index in [1.807, 2.05) is 30.0 Å². The van der Waals surface area contributed by atoms with Crippen molar-refractivity contribution in [3.05, 3.63) is 23.2 Å². The molecule has 1 aliphatic carbocycles. The van der Waals surface area contributed by atoms with Crippen molar-refractivity contribution < 1.29 is 4.74 Å². The number of thioether (sulfide) groups is 1. The molecule has 2 atom stereocenters. The maximum atomic E-state index is 5.97. The molecule has 2 unspecified atom stereocenters. The van der Waals surface area contributed by atoms with Crippen LogP contribution in [0.2, 0.25) is 5.02 Å². The van der Waals surface area contributed by atoms with Crippen molar-refractivity contribution in [2.24, 2.45) is 0 Å². The van der Waals surface area contributed by atoms with E-state index in [0.717, 1.165) is 17.0 Å². The van der Waals surface area contributed by atoms with Crippen LogP contribution in [0, 0.1) is 0 Å². The van der Waals surface area contributed by atoms with Crippen LogP contribution in [-0.2, 0) is 4.74 Å². The first kappa shape index (κ1) is 13.1. The predicted molar refractivity (Wildman–Crippen MR) is 74.8 cm³/mol. The quantitative estimate of drug-likeness (QED) is 0.845. The van der Waals surface area contributed by atoms with Gasteiger partial charge in [0.05, 0.1) is 6.10 Å². The topological polar surface area (TPSA) is 35.2 Å². The van der Waals surface area contributed by atoms with Crippen LogP contribution in [0.15, 0.2) is 23.1 Å². The molecule has 0 saturated heterocycles. The molecule has 1 saturated carbocycles. The Morgan fingerprint density at radius 1 is 1.41 bits per heavy atom. The van der Waals surface area contributed by atoms with E-state index in [2.05, 4.69) is 0 Å². The number of benzene rings is 1. The maximum absolute atomic E-state index is 5.97. The Bertz CT molecular complexity index is 386. The van der Waals surface area contributed by atoms with Crippen LogP contribution in [0.1, 0.15) is 25.7 Å². The third kappa shape index (κ3) is 3.54. The molecule has 1 aromatic rings. The van der Waals surface area contributed by atoms with Crippen molar-refractivity contribution in [2.75, 3.05) is 12.8 Å². The van der Waals surface area contributed by atoms with Crippen LogP contribution < -0.4 is 5.73 Å². The average molecular weight is 272 g/mol. The van der Waals surface area contributed by atoms with E-state index in [4.69, 9.17) is 22.1 Å². The number of methoxy groups -OCH3 is 1. The van der Waals surface area contributed by atoms with Gasteiger partial charge in [-0.3, -0.25) is 0 Å². The lowest BCUT2D eigenvalue weighted by Crippen LogP contribution is -2.23.